The normalized spacial score (nSPS) is 12.5. The Hall–Kier alpha value is -3.48. The quantitative estimate of drug-likeness (QED) is 0.384. The van der Waals surface area contributed by atoms with Crippen molar-refractivity contribution in [2.45, 2.75) is 52.6 Å². The van der Waals surface area contributed by atoms with Crippen molar-refractivity contribution in [3.8, 4) is 0 Å². The fraction of sp³-hybridized carbons (Fsp3) is 0.346. The van der Waals surface area contributed by atoms with Gasteiger partial charge < -0.3 is 15.6 Å². The summed E-state index contributed by atoms with van der Waals surface area (Å²) in [5, 5.41) is 3.09. The molecule has 4 rings (SSSR count). The Morgan fingerprint density at radius 3 is 2.36 bits per heavy atom. The molecule has 0 aliphatic carbocycles. The first-order valence-electron chi connectivity index (χ1n) is 11.4. The Labute approximate surface area is 193 Å². The van der Waals surface area contributed by atoms with Crippen molar-refractivity contribution in [3.63, 3.8) is 0 Å². The zero-order valence-corrected chi connectivity index (χ0v) is 19.3. The zero-order chi connectivity index (χ0) is 23.5. The van der Waals surface area contributed by atoms with Crippen LogP contribution >= 0.6 is 0 Å². The average molecular weight is 448 g/mol. The smallest absolute Gasteiger partial charge is 0.257 e. The van der Waals surface area contributed by atoms with E-state index < -0.39 is 0 Å². The average Bonchev–Trinajstić information content (AvgIpc) is 3.03. The van der Waals surface area contributed by atoms with Crippen molar-refractivity contribution >= 4 is 33.9 Å². The van der Waals surface area contributed by atoms with Crippen molar-refractivity contribution in [1.29, 1.82) is 0 Å². The van der Waals surface area contributed by atoms with E-state index in [1.165, 1.54) is 12.1 Å². The van der Waals surface area contributed by atoms with Crippen molar-refractivity contribution in [3.05, 3.63) is 65.5 Å². The number of carbonyl (C=O) groups is 1. The molecule has 0 saturated carbocycles. The van der Waals surface area contributed by atoms with Gasteiger partial charge in [-0.15, -0.1) is 0 Å². The molecule has 0 spiro atoms. The van der Waals surface area contributed by atoms with Crippen molar-refractivity contribution in [2.24, 2.45) is 5.92 Å². The summed E-state index contributed by atoms with van der Waals surface area (Å²) in [6.07, 6.45) is 3.06. The van der Waals surface area contributed by atoms with Gasteiger partial charge in [0.15, 0.2) is 5.65 Å². The van der Waals surface area contributed by atoms with Crippen LogP contribution < -0.4 is 11.1 Å². The van der Waals surface area contributed by atoms with Gasteiger partial charge in [0.1, 0.15) is 22.7 Å². The maximum Gasteiger partial charge on any atom is 0.257 e. The van der Waals surface area contributed by atoms with E-state index in [1.54, 1.807) is 16.7 Å². The molecule has 2 aromatic carbocycles. The summed E-state index contributed by atoms with van der Waals surface area (Å²) in [6.45, 7) is 6.76. The molecule has 3 N–H and O–H groups in total. The van der Waals surface area contributed by atoms with Gasteiger partial charge >= 0.3 is 0 Å². The van der Waals surface area contributed by atoms with E-state index in [9.17, 15) is 9.18 Å². The molecular weight excluding hydrogens is 417 g/mol. The molecule has 0 radical (unpaired) electrons. The van der Waals surface area contributed by atoms with Gasteiger partial charge in [0.2, 0.25) is 0 Å². The lowest BCUT2D eigenvalue weighted by Gasteiger charge is -2.14. The number of fused-ring (bicyclic) bond motifs is 2. The SMILES string of the molecule is CC(C)CCC[C@@H](C)NC(=O)c1c(N)n(Cc2ccc(F)cc2)c2nc3ccccc3nc12. The first-order chi connectivity index (χ1) is 15.8. The number of rotatable bonds is 8. The lowest BCUT2D eigenvalue weighted by molar-refractivity contribution is 0.0940. The molecule has 0 aliphatic rings. The van der Waals surface area contributed by atoms with Crippen LogP contribution in [0.15, 0.2) is 48.5 Å². The second-order valence-electron chi connectivity index (χ2n) is 9.06. The number of nitrogens with two attached hydrogens (primary N) is 1. The molecule has 172 valence electrons. The number of carbonyl (C=O) groups excluding carboxylic acids is 1. The number of hydrogen-bond acceptors (Lipinski definition) is 4. The highest BCUT2D eigenvalue weighted by Crippen LogP contribution is 2.29. The Morgan fingerprint density at radius 2 is 1.70 bits per heavy atom. The summed E-state index contributed by atoms with van der Waals surface area (Å²) in [5.41, 5.74) is 10.1. The molecule has 0 bridgehead atoms. The van der Waals surface area contributed by atoms with Crippen molar-refractivity contribution in [2.75, 3.05) is 5.73 Å². The van der Waals surface area contributed by atoms with E-state index in [1.807, 2.05) is 31.2 Å². The zero-order valence-electron chi connectivity index (χ0n) is 19.3. The van der Waals surface area contributed by atoms with Crippen LogP contribution in [0, 0.1) is 11.7 Å². The minimum absolute atomic E-state index is 0.0135. The van der Waals surface area contributed by atoms with Crippen LogP contribution in [0.3, 0.4) is 0 Å². The van der Waals surface area contributed by atoms with Gasteiger partial charge in [-0.1, -0.05) is 51.0 Å². The van der Waals surface area contributed by atoms with E-state index in [0.717, 1.165) is 30.3 Å². The Kier molecular flexibility index (Phi) is 6.58. The minimum atomic E-state index is -0.304. The second-order valence-corrected chi connectivity index (χ2v) is 9.06. The molecule has 6 nitrogen and oxygen atoms in total. The topological polar surface area (TPSA) is 85.8 Å². The lowest BCUT2D eigenvalue weighted by atomic mass is 10.0. The van der Waals surface area contributed by atoms with E-state index in [-0.39, 0.29) is 17.8 Å². The standard InChI is InChI=1S/C26H30FN5O/c1-16(2)7-6-8-17(3)29-26(33)22-23-25(31-21-10-5-4-9-20(21)30-23)32(24(22)28)15-18-11-13-19(27)14-12-18/h4-5,9-14,16-17H,6-8,15,28H2,1-3H3,(H,29,33)/t17-/m1/s1. The fourth-order valence-corrected chi connectivity index (χ4v) is 4.07. The summed E-state index contributed by atoms with van der Waals surface area (Å²) < 4.78 is 15.2. The predicted octanol–water partition coefficient (Wildman–Crippen LogP) is 5.30. The van der Waals surface area contributed by atoms with Gasteiger partial charge in [-0.05, 0) is 49.1 Å². The number of amides is 1. The maximum atomic E-state index is 13.4. The molecule has 4 aromatic rings. The van der Waals surface area contributed by atoms with Gasteiger partial charge in [0, 0.05) is 6.04 Å². The van der Waals surface area contributed by atoms with Gasteiger partial charge in [-0.25, -0.2) is 14.4 Å². The lowest BCUT2D eigenvalue weighted by Crippen LogP contribution is -2.33. The number of para-hydroxylation sites is 2. The van der Waals surface area contributed by atoms with Gasteiger partial charge in [-0.2, -0.15) is 0 Å². The number of benzene rings is 2. The van der Waals surface area contributed by atoms with Crippen molar-refractivity contribution < 1.29 is 9.18 Å². The number of halogens is 1. The van der Waals surface area contributed by atoms with E-state index in [0.29, 0.717) is 40.5 Å². The molecule has 33 heavy (non-hydrogen) atoms. The highest BCUT2D eigenvalue weighted by atomic mass is 19.1. The third-order valence-corrected chi connectivity index (χ3v) is 5.87. The number of anilines is 1. The van der Waals surface area contributed by atoms with Crippen LogP contribution in [-0.2, 0) is 6.54 Å². The number of nitrogens with zero attached hydrogens (tertiary/aromatic N) is 3. The first kappa shape index (κ1) is 22.7. The van der Waals surface area contributed by atoms with Gasteiger partial charge in [-0.3, -0.25) is 4.79 Å². The number of nitrogen functional groups attached to an aromatic ring is 1. The molecule has 0 aliphatic heterocycles. The monoisotopic (exact) mass is 447 g/mol. The third-order valence-electron chi connectivity index (χ3n) is 5.87. The highest BCUT2D eigenvalue weighted by Gasteiger charge is 2.25. The maximum absolute atomic E-state index is 13.4. The van der Waals surface area contributed by atoms with Crippen LogP contribution in [0.25, 0.3) is 22.2 Å². The molecule has 2 aromatic heterocycles. The number of nitrogens with one attached hydrogen (secondary N) is 1. The van der Waals surface area contributed by atoms with Crippen LogP contribution in [0.2, 0.25) is 0 Å². The summed E-state index contributed by atoms with van der Waals surface area (Å²) in [4.78, 5) is 22.8. The Bertz CT molecular complexity index is 1280. The van der Waals surface area contributed by atoms with E-state index in [4.69, 9.17) is 15.7 Å². The summed E-state index contributed by atoms with van der Waals surface area (Å²) in [7, 11) is 0. The minimum Gasteiger partial charge on any atom is -0.384 e. The van der Waals surface area contributed by atoms with Gasteiger partial charge in [0.25, 0.3) is 5.91 Å². The predicted molar refractivity (Wildman–Crippen MR) is 131 cm³/mol. The highest BCUT2D eigenvalue weighted by molar-refractivity contribution is 6.10. The summed E-state index contributed by atoms with van der Waals surface area (Å²) in [6, 6.07) is 13.8. The first-order valence-corrected chi connectivity index (χ1v) is 11.4. The molecular formula is C26H30FN5O. The number of hydrogen-bond donors (Lipinski definition) is 2. The Morgan fingerprint density at radius 1 is 1.03 bits per heavy atom. The van der Waals surface area contributed by atoms with Crippen molar-refractivity contribution in [1.82, 2.24) is 19.9 Å². The molecule has 1 amide bonds. The fourth-order valence-electron chi connectivity index (χ4n) is 4.07. The van der Waals surface area contributed by atoms with Crippen LogP contribution in [-0.4, -0.2) is 26.5 Å². The summed E-state index contributed by atoms with van der Waals surface area (Å²) >= 11 is 0. The largest absolute Gasteiger partial charge is 0.384 e. The van der Waals surface area contributed by atoms with Crippen LogP contribution in [0.4, 0.5) is 10.2 Å². The molecule has 0 saturated heterocycles. The molecule has 0 unspecified atom stereocenters. The van der Waals surface area contributed by atoms with Gasteiger partial charge in [0.05, 0.1) is 17.6 Å². The molecule has 0 fully saturated rings. The molecule has 1 atom stereocenters. The summed E-state index contributed by atoms with van der Waals surface area (Å²) in [5.74, 6) is 0.381. The molecule has 2 heterocycles. The number of aromatic nitrogens is 3. The van der Waals surface area contributed by atoms with E-state index in [2.05, 4.69) is 19.2 Å². The second kappa shape index (κ2) is 9.57. The van der Waals surface area contributed by atoms with E-state index >= 15 is 0 Å². The van der Waals surface area contributed by atoms with Crippen LogP contribution in [0.1, 0.15) is 56.0 Å². The molecule has 7 heteroatoms. The Balaban J connectivity index is 1.73. The third kappa shape index (κ3) is 4.97. The van der Waals surface area contributed by atoms with Crippen LogP contribution in [0.5, 0.6) is 0 Å².